The summed E-state index contributed by atoms with van der Waals surface area (Å²) in [5.41, 5.74) is 4.20. The summed E-state index contributed by atoms with van der Waals surface area (Å²) in [4.78, 5) is 0. The fourth-order valence-electron chi connectivity index (χ4n) is 1.42. The number of hydrogen-bond donors (Lipinski definition) is 2. The van der Waals surface area contributed by atoms with Crippen LogP contribution in [0.5, 0.6) is 0 Å². The molecule has 0 saturated heterocycles. The van der Waals surface area contributed by atoms with E-state index >= 15 is 0 Å². The molecule has 0 aliphatic carbocycles. The molecular weight excluding hydrogens is 284 g/mol. The maximum absolute atomic E-state index is 5.57. The molecular formula is C12H19BrN2S. The molecule has 16 heavy (non-hydrogen) atoms. The van der Waals surface area contributed by atoms with E-state index in [0.717, 1.165) is 16.6 Å². The minimum atomic E-state index is 0.335. The summed E-state index contributed by atoms with van der Waals surface area (Å²) in [5, 5.41) is 0.651. The van der Waals surface area contributed by atoms with Gasteiger partial charge in [-0.3, -0.25) is 11.3 Å². The fourth-order valence-corrected chi connectivity index (χ4v) is 2.70. The van der Waals surface area contributed by atoms with Crippen molar-refractivity contribution < 1.29 is 0 Å². The topological polar surface area (TPSA) is 38.0 Å². The Bertz CT molecular complexity index is 318. The highest BCUT2D eigenvalue weighted by Crippen LogP contribution is 2.16. The van der Waals surface area contributed by atoms with Gasteiger partial charge in [0.15, 0.2) is 0 Å². The third-order valence-electron chi connectivity index (χ3n) is 2.24. The van der Waals surface area contributed by atoms with Crippen molar-refractivity contribution in [2.24, 2.45) is 5.84 Å². The summed E-state index contributed by atoms with van der Waals surface area (Å²) < 4.78 is 1.12. The maximum atomic E-state index is 5.57. The molecule has 0 aliphatic heterocycles. The fraction of sp³-hybridized carbons (Fsp3) is 0.500. The standard InChI is InChI=1S/C12H19BrN2S/c1-9(2)16-8-12(15-14)7-10-4-3-5-11(13)6-10/h3-6,9,12,15H,7-8,14H2,1-2H3. The number of thioether (sulfide) groups is 1. The van der Waals surface area contributed by atoms with Crippen molar-refractivity contribution in [3.05, 3.63) is 34.3 Å². The van der Waals surface area contributed by atoms with Crippen LogP contribution in [0.2, 0.25) is 0 Å². The van der Waals surface area contributed by atoms with E-state index in [4.69, 9.17) is 5.84 Å². The second kappa shape index (κ2) is 7.33. The molecule has 90 valence electrons. The lowest BCUT2D eigenvalue weighted by molar-refractivity contribution is 0.575. The molecule has 1 rings (SSSR count). The predicted octanol–water partition coefficient (Wildman–Crippen LogP) is 2.97. The molecule has 3 N–H and O–H groups in total. The van der Waals surface area contributed by atoms with Crippen LogP contribution in [0.3, 0.4) is 0 Å². The SMILES string of the molecule is CC(C)SCC(Cc1cccc(Br)c1)NN. The molecule has 1 atom stereocenters. The van der Waals surface area contributed by atoms with Crippen LogP contribution in [0.25, 0.3) is 0 Å². The Balaban J connectivity index is 2.49. The summed E-state index contributed by atoms with van der Waals surface area (Å²) >= 11 is 5.41. The van der Waals surface area contributed by atoms with E-state index in [1.54, 1.807) is 0 Å². The van der Waals surface area contributed by atoms with Crippen molar-refractivity contribution in [3.63, 3.8) is 0 Å². The summed E-state index contributed by atoms with van der Waals surface area (Å²) in [6.07, 6.45) is 0.968. The number of nitrogens with one attached hydrogen (secondary N) is 1. The highest BCUT2D eigenvalue weighted by molar-refractivity contribution is 9.10. The number of halogens is 1. The van der Waals surface area contributed by atoms with E-state index in [1.807, 2.05) is 17.8 Å². The van der Waals surface area contributed by atoms with Crippen LogP contribution in [0.4, 0.5) is 0 Å². The van der Waals surface area contributed by atoms with Crippen LogP contribution < -0.4 is 11.3 Å². The van der Waals surface area contributed by atoms with E-state index in [0.29, 0.717) is 11.3 Å². The Labute approximate surface area is 110 Å². The van der Waals surface area contributed by atoms with Gasteiger partial charge in [0.2, 0.25) is 0 Å². The number of rotatable bonds is 6. The third kappa shape index (κ3) is 5.34. The number of nitrogens with two attached hydrogens (primary N) is 1. The molecule has 0 amide bonds. The zero-order valence-electron chi connectivity index (χ0n) is 9.74. The largest absolute Gasteiger partial charge is 0.271 e. The molecule has 0 heterocycles. The monoisotopic (exact) mass is 302 g/mol. The van der Waals surface area contributed by atoms with Gasteiger partial charge in [-0.15, -0.1) is 0 Å². The first-order valence-electron chi connectivity index (χ1n) is 5.44. The van der Waals surface area contributed by atoms with Crippen molar-refractivity contribution in [1.82, 2.24) is 5.43 Å². The van der Waals surface area contributed by atoms with Crippen LogP contribution >= 0.6 is 27.7 Å². The summed E-state index contributed by atoms with van der Waals surface area (Å²) in [6.45, 7) is 4.41. The van der Waals surface area contributed by atoms with Crippen LogP contribution in [0, 0.1) is 0 Å². The minimum absolute atomic E-state index is 0.335. The van der Waals surface area contributed by atoms with Crippen LogP contribution in [-0.2, 0) is 6.42 Å². The number of hydrogen-bond acceptors (Lipinski definition) is 3. The normalized spacial score (nSPS) is 13.1. The first-order valence-corrected chi connectivity index (χ1v) is 7.28. The predicted molar refractivity (Wildman–Crippen MR) is 76.6 cm³/mol. The molecule has 1 unspecified atom stereocenters. The lowest BCUT2D eigenvalue weighted by Crippen LogP contribution is -2.39. The summed E-state index contributed by atoms with van der Waals surface area (Å²) in [5.74, 6) is 6.61. The van der Waals surface area contributed by atoms with Gasteiger partial charge in [-0.25, -0.2) is 0 Å². The van der Waals surface area contributed by atoms with Crippen molar-refractivity contribution in [2.45, 2.75) is 31.6 Å². The van der Waals surface area contributed by atoms with Gasteiger partial charge in [-0.05, 0) is 29.4 Å². The second-order valence-corrected chi connectivity index (χ2v) is 6.60. The zero-order chi connectivity index (χ0) is 12.0. The average molecular weight is 303 g/mol. The number of hydrazine groups is 1. The quantitative estimate of drug-likeness (QED) is 0.627. The first-order chi connectivity index (χ1) is 7.61. The third-order valence-corrected chi connectivity index (χ3v) is 3.99. The average Bonchev–Trinajstić information content (AvgIpc) is 2.24. The Kier molecular flexibility index (Phi) is 6.43. The molecule has 4 heteroatoms. The molecule has 0 spiro atoms. The van der Waals surface area contributed by atoms with Crippen molar-refractivity contribution >= 4 is 27.7 Å². The molecule has 0 aliphatic rings. The molecule has 1 aromatic rings. The van der Waals surface area contributed by atoms with E-state index < -0.39 is 0 Å². The lowest BCUT2D eigenvalue weighted by Gasteiger charge is -2.17. The highest BCUT2D eigenvalue weighted by atomic mass is 79.9. The smallest absolute Gasteiger partial charge is 0.0341 e. The van der Waals surface area contributed by atoms with Gasteiger partial charge in [0, 0.05) is 16.3 Å². The summed E-state index contributed by atoms with van der Waals surface area (Å²) in [6, 6.07) is 8.71. The molecule has 0 aromatic heterocycles. The van der Waals surface area contributed by atoms with Crippen molar-refractivity contribution in [3.8, 4) is 0 Å². The minimum Gasteiger partial charge on any atom is -0.271 e. The van der Waals surface area contributed by atoms with Gasteiger partial charge in [0.05, 0.1) is 0 Å². The van der Waals surface area contributed by atoms with Gasteiger partial charge in [0.1, 0.15) is 0 Å². The Morgan fingerprint density at radius 1 is 1.44 bits per heavy atom. The lowest BCUT2D eigenvalue weighted by atomic mass is 10.1. The molecule has 0 radical (unpaired) electrons. The second-order valence-electron chi connectivity index (χ2n) is 4.08. The molecule has 0 bridgehead atoms. The highest BCUT2D eigenvalue weighted by Gasteiger charge is 2.09. The van der Waals surface area contributed by atoms with Gasteiger partial charge >= 0.3 is 0 Å². The van der Waals surface area contributed by atoms with Crippen molar-refractivity contribution in [2.75, 3.05) is 5.75 Å². The van der Waals surface area contributed by atoms with E-state index in [2.05, 4.69) is 53.4 Å². The van der Waals surface area contributed by atoms with E-state index in [1.165, 1.54) is 5.56 Å². The number of benzene rings is 1. The zero-order valence-corrected chi connectivity index (χ0v) is 12.1. The Morgan fingerprint density at radius 3 is 2.75 bits per heavy atom. The molecule has 0 saturated carbocycles. The van der Waals surface area contributed by atoms with Crippen molar-refractivity contribution in [1.29, 1.82) is 0 Å². The van der Waals surface area contributed by atoms with Gasteiger partial charge < -0.3 is 0 Å². The van der Waals surface area contributed by atoms with Gasteiger partial charge in [-0.1, -0.05) is 41.9 Å². The van der Waals surface area contributed by atoms with Crippen LogP contribution in [-0.4, -0.2) is 17.0 Å². The Morgan fingerprint density at radius 2 is 2.19 bits per heavy atom. The molecule has 2 nitrogen and oxygen atoms in total. The van der Waals surface area contributed by atoms with Gasteiger partial charge in [0.25, 0.3) is 0 Å². The van der Waals surface area contributed by atoms with Crippen LogP contribution in [0.15, 0.2) is 28.7 Å². The van der Waals surface area contributed by atoms with E-state index in [9.17, 15) is 0 Å². The van der Waals surface area contributed by atoms with Crippen LogP contribution in [0.1, 0.15) is 19.4 Å². The molecule has 0 fully saturated rings. The first kappa shape index (κ1) is 14.0. The summed E-state index contributed by atoms with van der Waals surface area (Å²) in [7, 11) is 0. The van der Waals surface area contributed by atoms with Gasteiger partial charge in [-0.2, -0.15) is 11.8 Å². The Hall–Kier alpha value is -0.0300. The maximum Gasteiger partial charge on any atom is 0.0341 e. The van der Waals surface area contributed by atoms with E-state index in [-0.39, 0.29) is 0 Å². The molecule has 1 aromatic carbocycles.